The Morgan fingerprint density at radius 3 is 2.80 bits per heavy atom. The molecule has 0 saturated heterocycles. The standard InChI is InChI=1S/C15H18N4O/c1-10-5-4-6-17-13(10)9-18-15(20)12-7-11(2)19-14(8-12)16-3/h4-8H,9H2,1-3H3,(H,16,19)(H,18,20). The molecule has 0 unspecified atom stereocenters. The molecule has 0 radical (unpaired) electrons. The SMILES string of the molecule is CNc1cc(C(=O)NCc2ncccc2C)cc(C)n1. The maximum Gasteiger partial charge on any atom is 0.251 e. The molecule has 5 heteroatoms. The van der Waals surface area contributed by atoms with Gasteiger partial charge in [-0.3, -0.25) is 9.78 Å². The van der Waals surface area contributed by atoms with E-state index >= 15 is 0 Å². The van der Waals surface area contributed by atoms with Crippen LogP contribution in [0.3, 0.4) is 0 Å². The molecular formula is C15H18N4O. The lowest BCUT2D eigenvalue weighted by Gasteiger charge is -2.09. The third-order valence-corrected chi connectivity index (χ3v) is 3.01. The van der Waals surface area contributed by atoms with Gasteiger partial charge in [0.25, 0.3) is 5.91 Å². The first-order chi connectivity index (χ1) is 9.60. The number of carbonyl (C=O) groups excluding carboxylic acids is 1. The number of anilines is 1. The van der Waals surface area contributed by atoms with Crippen LogP contribution in [0.25, 0.3) is 0 Å². The highest BCUT2D eigenvalue weighted by Gasteiger charge is 2.09. The second kappa shape index (κ2) is 6.14. The molecule has 2 heterocycles. The van der Waals surface area contributed by atoms with E-state index in [4.69, 9.17) is 0 Å². The Hall–Kier alpha value is -2.43. The molecule has 20 heavy (non-hydrogen) atoms. The third-order valence-electron chi connectivity index (χ3n) is 3.01. The van der Waals surface area contributed by atoms with Crippen LogP contribution in [0.2, 0.25) is 0 Å². The van der Waals surface area contributed by atoms with Crippen LogP contribution in [0.1, 0.15) is 27.3 Å². The molecule has 5 nitrogen and oxygen atoms in total. The summed E-state index contributed by atoms with van der Waals surface area (Å²) >= 11 is 0. The average Bonchev–Trinajstić information content (AvgIpc) is 2.45. The average molecular weight is 270 g/mol. The van der Waals surface area contributed by atoms with E-state index in [1.807, 2.05) is 26.0 Å². The van der Waals surface area contributed by atoms with Gasteiger partial charge in [0, 0.05) is 24.5 Å². The summed E-state index contributed by atoms with van der Waals surface area (Å²) in [5.41, 5.74) is 3.33. The van der Waals surface area contributed by atoms with Crippen molar-refractivity contribution in [1.82, 2.24) is 15.3 Å². The van der Waals surface area contributed by atoms with Crippen molar-refractivity contribution in [1.29, 1.82) is 0 Å². The Morgan fingerprint density at radius 2 is 2.10 bits per heavy atom. The molecule has 0 saturated carbocycles. The van der Waals surface area contributed by atoms with Crippen LogP contribution >= 0.6 is 0 Å². The molecule has 0 spiro atoms. The molecule has 104 valence electrons. The van der Waals surface area contributed by atoms with Crippen molar-refractivity contribution >= 4 is 11.7 Å². The fraction of sp³-hybridized carbons (Fsp3) is 0.267. The Bertz CT molecular complexity index is 625. The van der Waals surface area contributed by atoms with Crippen molar-refractivity contribution in [2.24, 2.45) is 0 Å². The van der Waals surface area contributed by atoms with E-state index < -0.39 is 0 Å². The van der Waals surface area contributed by atoms with E-state index in [-0.39, 0.29) is 5.91 Å². The minimum Gasteiger partial charge on any atom is -0.373 e. The van der Waals surface area contributed by atoms with E-state index in [0.29, 0.717) is 17.9 Å². The van der Waals surface area contributed by atoms with E-state index in [1.54, 1.807) is 25.4 Å². The predicted octanol–water partition coefficient (Wildman–Crippen LogP) is 2.07. The quantitative estimate of drug-likeness (QED) is 0.892. The lowest BCUT2D eigenvalue weighted by molar-refractivity contribution is 0.0950. The van der Waals surface area contributed by atoms with E-state index in [2.05, 4.69) is 20.6 Å². The van der Waals surface area contributed by atoms with Gasteiger partial charge in [-0.15, -0.1) is 0 Å². The highest BCUT2D eigenvalue weighted by atomic mass is 16.1. The summed E-state index contributed by atoms with van der Waals surface area (Å²) in [6.45, 7) is 4.26. The molecule has 2 aromatic rings. The fourth-order valence-electron chi connectivity index (χ4n) is 1.90. The summed E-state index contributed by atoms with van der Waals surface area (Å²) in [5, 5.41) is 5.82. The Kier molecular flexibility index (Phi) is 4.30. The summed E-state index contributed by atoms with van der Waals surface area (Å²) < 4.78 is 0. The zero-order valence-electron chi connectivity index (χ0n) is 11.9. The van der Waals surface area contributed by atoms with Crippen LogP contribution in [0.15, 0.2) is 30.5 Å². The summed E-state index contributed by atoms with van der Waals surface area (Å²) in [4.78, 5) is 20.7. The zero-order valence-corrected chi connectivity index (χ0v) is 11.9. The molecule has 2 N–H and O–H groups in total. The molecule has 1 amide bonds. The van der Waals surface area contributed by atoms with Gasteiger partial charge >= 0.3 is 0 Å². The number of carbonyl (C=O) groups is 1. The van der Waals surface area contributed by atoms with Gasteiger partial charge in [-0.25, -0.2) is 4.98 Å². The highest BCUT2D eigenvalue weighted by molar-refractivity contribution is 5.94. The van der Waals surface area contributed by atoms with Crippen molar-refractivity contribution in [2.45, 2.75) is 20.4 Å². The van der Waals surface area contributed by atoms with Gasteiger partial charge in [0.05, 0.1) is 12.2 Å². The van der Waals surface area contributed by atoms with Crippen molar-refractivity contribution in [3.63, 3.8) is 0 Å². The second-order valence-electron chi connectivity index (χ2n) is 4.58. The molecular weight excluding hydrogens is 252 g/mol. The molecule has 2 aromatic heterocycles. The summed E-state index contributed by atoms with van der Waals surface area (Å²) in [5.74, 6) is 0.557. The Balaban J connectivity index is 2.09. The minimum atomic E-state index is -0.128. The van der Waals surface area contributed by atoms with Crippen molar-refractivity contribution in [3.8, 4) is 0 Å². The lowest BCUT2D eigenvalue weighted by atomic mass is 10.2. The minimum absolute atomic E-state index is 0.128. The van der Waals surface area contributed by atoms with Crippen LogP contribution in [0, 0.1) is 13.8 Å². The van der Waals surface area contributed by atoms with Crippen LogP contribution in [-0.2, 0) is 6.54 Å². The van der Waals surface area contributed by atoms with E-state index in [1.165, 1.54) is 0 Å². The molecule has 0 atom stereocenters. The van der Waals surface area contributed by atoms with Gasteiger partial charge in [0.15, 0.2) is 0 Å². The van der Waals surface area contributed by atoms with Crippen molar-refractivity contribution in [2.75, 3.05) is 12.4 Å². The van der Waals surface area contributed by atoms with Gasteiger partial charge in [-0.05, 0) is 37.6 Å². The molecule has 0 fully saturated rings. The van der Waals surface area contributed by atoms with Crippen LogP contribution in [0.5, 0.6) is 0 Å². The normalized spacial score (nSPS) is 10.2. The lowest BCUT2D eigenvalue weighted by Crippen LogP contribution is -2.24. The first-order valence-electron chi connectivity index (χ1n) is 6.45. The Morgan fingerprint density at radius 1 is 1.30 bits per heavy atom. The zero-order chi connectivity index (χ0) is 14.5. The van der Waals surface area contributed by atoms with E-state index in [0.717, 1.165) is 17.0 Å². The molecule has 2 rings (SSSR count). The largest absolute Gasteiger partial charge is 0.373 e. The number of rotatable bonds is 4. The van der Waals surface area contributed by atoms with Crippen LogP contribution in [0.4, 0.5) is 5.82 Å². The first-order valence-corrected chi connectivity index (χ1v) is 6.45. The predicted molar refractivity (Wildman–Crippen MR) is 78.7 cm³/mol. The maximum atomic E-state index is 12.2. The number of aromatic nitrogens is 2. The smallest absolute Gasteiger partial charge is 0.251 e. The van der Waals surface area contributed by atoms with Crippen molar-refractivity contribution in [3.05, 3.63) is 53.0 Å². The number of hydrogen-bond acceptors (Lipinski definition) is 4. The second-order valence-corrected chi connectivity index (χ2v) is 4.58. The number of aryl methyl sites for hydroxylation is 2. The van der Waals surface area contributed by atoms with Gasteiger partial charge < -0.3 is 10.6 Å². The molecule has 0 aliphatic rings. The third kappa shape index (κ3) is 3.32. The Labute approximate surface area is 118 Å². The van der Waals surface area contributed by atoms with Gasteiger partial charge in [0.1, 0.15) is 5.82 Å². The molecule has 0 aliphatic heterocycles. The maximum absolute atomic E-state index is 12.2. The van der Waals surface area contributed by atoms with Gasteiger partial charge in [0.2, 0.25) is 0 Å². The number of nitrogens with zero attached hydrogens (tertiary/aromatic N) is 2. The molecule has 0 bridgehead atoms. The molecule has 0 aromatic carbocycles. The number of nitrogens with one attached hydrogen (secondary N) is 2. The van der Waals surface area contributed by atoms with Gasteiger partial charge in [-0.1, -0.05) is 6.07 Å². The highest BCUT2D eigenvalue weighted by Crippen LogP contribution is 2.10. The molecule has 0 aliphatic carbocycles. The first kappa shape index (κ1) is 14.0. The summed E-state index contributed by atoms with van der Waals surface area (Å²) in [6.07, 6.45) is 1.73. The monoisotopic (exact) mass is 270 g/mol. The fourth-order valence-corrected chi connectivity index (χ4v) is 1.90. The van der Waals surface area contributed by atoms with Gasteiger partial charge in [-0.2, -0.15) is 0 Å². The van der Waals surface area contributed by atoms with Crippen LogP contribution in [-0.4, -0.2) is 22.9 Å². The van der Waals surface area contributed by atoms with Crippen LogP contribution < -0.4 is 10.6 Å². The van der Waals surface area contributed by atoms with Crippen molar-refractivity contribution < 1.29 is 4.79 Å². The number of pyridine rings is 2. The number of hydrogen-bond donors (Lipinski definition) is 2. The summed E-state index contributed by atoms with van der Waals surface area (Å²) in [6, 6.07) is 7.35. The topological polar surface area (TPSA) is 66.9 Å². The summed E-state index contributed by atoms with van der Waals surface area (Å²) in [7, 11) is 1.78. The van der Waals surface area contributed by atoms with E-state index in [9.17, 15) is 4.79 Å². The number of amides is 1.